The largest absolute Gasteiger partial charge is 0.508 e. The van der Waals surface area contributed by atoms with Crippen LogP contribution in [0.3, 0.4) is 0 Å². The summed E-state index contributed by atoms with van der Waals surface area (Å²) in [6.07, 6.45) is 2.35. The molecule has 48 heavy (non-hydrogen) atoms. The molecule has 0 bridgehead atoms. The van der Waals surface area contributed by atoms with Crippen LogP contribution in [0.1, 0.15) is 49.7 Å². The average Bonchev–Trinajstić information content (AvgIpc) is 3.44. The lowest BCUT2D eigenvalue weighted by atomic mass is 9.51. The molecule has 10 nitrogen and oxygen atoms in total. The first-order valence-electron chi connectivity index (χ1n) is 16.3. The topological polar surface area (TPSA) is 142 Å². The van der Waals surface area contributed by atoms with E-state index in [-0.39, 0.29) is 68.2 Å². The van der Waals surface area contributed by atoms with Gasteiger partial charge in [0.25, 0.3) is 0 Å². The van der Waals surface area contributed by atoms with Gasteiger partial charge < -0.3 is 14.9 Å². The monoisotopic (exact) mass is 648 g/mol. The molecule has 0 aromatic heterocycles. The number of hydrogen-bond acceptors (Lipinski definition) is 7. The number of amides is 4. The van der Waals surface area contributed by atoms with E-state index in [1.165, 1.54) is 15.9 Å². The standard InChI is InChI=1S/C38H36N2O8/c1-38-29(35(45)40(37(38)47)23-11-6-3-7-12-23)20-28-25(16-17-27-32(28)36(46)39(34(27)44)18-8-13-31(42)43)33(38)26-15-14-24(19-30(26)41)48-21-22-9-4-2-5-10-22/h2-7,9-12,14-16,19,27-29,32-33,41H,8,13,17-18,20-21H2,1H3,(H,42,43)/t27-,28+,29-,32-,33+,38+/m0/s1. The number of benzene rings is 3. The summed E-state index contributed by atoms with van der Waals surface area (Å²) in [6, 6.07) is 23.3. The second-order valence-electron chi connectivity index (χ2n) is 13.3. The number of aliphatic carboxylic acids is 1. The Morgan fingerprint density at radius 3 is 2.31 bits per heavy atom. The number of carbonyl (C=O) groups is 5. The molecule has 2 saturated heterocycles. The summed E-state index contributed by atoms with van der Waals surface area (Å²) in [5, 5.41) is 20.7. The predicted octanol–water partition coefficient (Wildman–Crippen LogP) is 5.07. The van der Waals surface area contributed by atoms with E-state index in [0.29, 0.717) is 17.0 Å². The molecule has 2 aliphatic heterocycles. The SMILES string of the molecule is C[C@@]12C(=O)N(c3ccccc3)C(=O)[C@@H]1C[C@@H]1C(=CC[C@@H]3C(=O)N(CCCC(=O)O)C(=O)[C@@H]31)[C@@H]2c1ccc(OCc2ccccc2)cc1O. The third-order valence-electron chi connectivity index (χ3n) is 10.7. The molecule has 0 spiro atoms. The van der Waals surface area contributed by atoms with Crippen molar-refractivity contribution in [1.29, 1.82) is 0 Å². The number of allylic oxidation sites excluding steroid dienone is 2. The van der Waals surface area contributed by atoms with Crippen molar-refractivity contribution >= 4 is 35.3 Å². The minimum absolute atomic E-state index is 0.00796. The van der Waals surface area contributed by atoms with Gasteiger partial charge in [-0.25, -0.2) is 4.90 Å². The summed E-state index contributed by atoms with van der Waals surface area (Å²) in [6.45, 7) is 2.07. The van der Waals surface area contributed by atoms with Crippen LogP contribution in [0.25, 0.3) is 0 Å². The molecule has 0 radical (unpaired) electrons. The number of fused-ring (bicyclic) bond motifs is 4. The zero-order valence-corrected chi connectivity index (χ0v) is 26.5. The number of nitrogens with zero attached hydrogens (tertiary/aromatic N) is 2. The number of anilines is 1. The number of phenols is 1. The molecule has 2 heterocycles. The average molecular weight is 649 g/mol. The quantitative estimate of drug-likeness (QED) is 0.242. The van der Waals surface area contributed by atoms with E-state index in [4.69, 9.17) is 9.84 Å². The third-order valence-corrected chi connectivity index (χ3v) is 10.7. The van der Waals surface area contributed by atoms with Crippen molar-refractivity contribution in [3.63, 3.8) is 0 Å². The Balaban J connectivity index is 1.28. The number of para-hydroxylation sites is 1. The van der Waals surface area contributed by atoms with Gasteiger partial charge in [0, 0.05) is 30.5 Å². The zero-order valence-electron chi connectivity index (χ0n) is 26.5. The minimum atomic E-state index is -1.29. The molecular weight excluding hydrogens is 612 g/mol. The Hall–Kier alpha value is -5.25. The lowest BCUT2D eigenvalue weighted by Gasteiger charge is -2.49. The van der Waals surface area contributed by atoms with E-state index in [0.717, 1.165) is 11.1 Å². The summed E-state index contributed by atoms with van der Waals surface area (Å²) >= 11 is 0. The van der Waals surface area contributed by atoms with Crippen LogP contribution in [0.4, 0.5) is 5.69 Å². The van der Waals surface area contributed by atoms with Gasteiger partial charge in [-0.3, -0.25) is 28.9 Å². The van der Waals surface area contributed by atoms with Crippen LogP contribution in [0, 0.1) is 29.1 Å². The number of phenolic OH excluding ortho intramolecular Hbond substituents is 1. The molecule has 2 N–H and O–H groups in total. The highest BCUT2D eigenvalue weighted by molar-refractivity contribution is 6.24. The Morgan fingerprint density at radius 1 is 0.917 bits per heavy atom. The maximum absolute atomic E-state index is 14.5. The summed E-state index contributed by atoms with van der Waals surface area (Å²) in [5.41, 5.74) is 1.31. The number of imide groups is 2. The molecular formula is C38H36N2O8. The van der Waals surface area contributed by atoms with Gasteiger partial charge >= 0.3 is 5.97 Å². The van der Waals surface area contributed by atoms with E-state index in [9.17, 15) is 29.1 Å². The van der Waals surface area contributed by atoms with Crippen LogP contribution in [0.5, 0.6) is 11.5 Å². The summed E-state index contributed by atoms with van der Waals surface area (Å²) in [5.74, 6) is -5.66. The first kappa shape index (κ1) is 31.4. The number of aromatic hydroxyl groups is 1. The molecule has 4 amide bonds. The van der Waals surface area contributed by atoms with Crippen LogP contribution in [-0.4, -0.2) is 51.3 Å². The van der Waals surface area contributed by atoms with E-state index in [1.807, 2.05) is 36.4 Å². The molecule has 0 unspecified atom stereocenters. The van der Waals surface area contributed by atoms with Crippen LogP contribution in [0.15, 0.2) is 90.5 Å². The molecule has 2 aliphatic carbocycles. The smallest absolute Gasteiger partial charge is 0.303 e. The van der Waals surface area contributed by atoms with Gasteiger partial charge in [-0.2, -0.15) is 0 Å². The van der Waals surface area contributed by atoms with Gasteiger partial charge in [0.1, 0.15) is 18.1 Å². The second-order valence-corrected chi connectivity index (χ2v) is 13.3. The number of ether oxygens (including phenoxy) is 1. The molecule has 246 valence electrons. The summed E-state index contributed by atoms with van der Waals surface area (Å²) in [4.78, 5) is 69.7. The lowest BCUT2D eigenvalue weighted by Crippen LogP contribution is -2.48. The highest BCUT2D eigenvalue weighted by atomic mass is 16.5. The Morgan fingerprint density at radius 2 is 1.62 bits per heavy atom. The van der Waals surface area contributed by atoms with Gasteiger partial charge in [-0.05, 0) is 55.9 Å². The summed E-state index contributed by atoms with van der Waals surface area (Å²) < 4.78 is 5.96. The van der Waals surface area contributed by atoms with Crippen molar-refractivity contribution in [2.75, 3.05) is 11.4 Å². The van der Waals surface area contributed by atoms with Crippen molar-refractivity contribution in [2.45, 2.75) is 45.1 Å². The number of likely N-dealkylation sites (tertiary alicyclic amines) is 1. The molecule has 3 aromatic carbocycles. The van der Waals surface area contributed by atoms with Gasteiger partial charge in [0.2, 0.25) is 23.6 Å². The van der Waals surface area contributed by atoms with E-state index in [1.54, 1.807) is 49.4 Å². The summed E-state index contributed by atoms with van der Waals surface area (Å²) in [7, 11) is 0. The van der Waals surface area contributed by atoms with Crippen molar-refractivity contribution in [3.05, 3.63) is 102 Å². The highest BCUT2D eigenvalue weighted by Gasteiger charge is 2.67. The number of carbonyl (C=O) groups excluding carboxylic acids is 4. The van der Waals surface area contributed by atoms with Gasteiger partial charge in [-0.15, -0.1) is 0 Å². The lowest BCUT2D eigenvalue weighted by molar-refractivity contribution is -0.142. The fraction of sp³-hybridized carbons (Fsp3) is 0.342. The van der Waals surface area contributed by atoms with Crippen LogP contribution >= 0.6 is 0 Å². The maximum atomic E-state index is 14.5. The van der Waals surface area contributed by atoms with E-state index < -0.39 is 41.0 Å². The van der Waals surface area contributed by atoms with Gasteiger partial charge in [-0.1, -0.05) is 66.2 Å². The maximum Gasteiger partial charge on any atom is 0.303 e. The van der Waals surface area contributed by atoms with E-state index >= 15 is 0 Å². The van der Waals surface area contributed by atoms with Crippen molar-refractivity contribution in [1.82, 2.24) is 4.90 Å². The number of carboxylic acid groups (broad SMARTS) is 1. The molecule has 10 heteroatoms. The second kappa shape index (κ2) is 12.1. The predicted molar refractivity (Wildman–Crippen MR) is 174 cm³/mol. The number of carboxylic acids is 1. The van der Waals surface area contributed by atoms with Crippen molar-refractivity contribution in [2.24, 2.45) is 29.1 Å². The van der Waals surface area contributed by atoms with Crippen LogP contribution in [0.2, 0.25) is 0 Å². The molecule has 1 saturated carbocycles. The van der Waals surface area contributed by atoms with Crippen molar-refractivity contribution in [3.8, 4) is 11.5 Å². The molecule has 3 fully saturated rings. The molecule has 4 aliphatic rings. The van der Waals surface area contributed by atoms with Gasteiger partial charge in [0.05, 0.1) is 28.9 Å². The number of rotatable bonds is 9. The first-order chi connectivity index (χ1) is 23.1. The molecule has 6 atom stereocenters. The van der Waals surface area contributed by atoms with Crippen LogP contribution in [-0.2, 0) is 30.6 Å². The van der Waals surface area contributed by atoms with Gasteiger partial charge in [0.15, 0.2) is 0 Å². The minimum Gasteiger partial charge on any atom is -0.508 e. The first-order valence-corrected chi connectivity index (χ1v) is 16.3. The Bertz CT molecular complexity index is 1840. The van der Waals surface area contributed by atoms with Crippen molar-refractivity contribution < 1.29 is 38.9 Å². The van der Waals surface area contributed by atoms with Crippen LogP contribution < -0.4 is 9.64 Å². The molecule has 7 rings (SSSR count). The fourth-order valence-electron chi connectivity index (χ4n) is 8.45. The number of hydrogen-bond donors (Lipinski definition) is 2. The zero-order chi connectivity index (χ0) is 33.7. The third kappa shape index (κ3) is 4.98. The molecule has 3 aromatic rings. The highest BCUT2D eigenvalue weighted by Crippen LogP contribution is 2.64. The normalized spacial score (nSPS) is 27.8. The Labute approximate surface area is 277 Å². The fourth-order valence-corrected chi connectivity index (χ4v) is 8.45. The van der Waals surface area contributed by atoms with E-state index in [2.05, 4.69) is 0 Å². The Kier molecular flexibility index (Phi) is 7.89.